The quantitative estimate of drug-likeness (QED) is 0.750. The van der Waals surface area contributed by atoms with Gasteiger partial charge in [0.15, 0.2) is 0 Å². The first kappa shape index (κ1) is 16.9. The van der Waals surface area contributed by atoms with E-state index in [2.05, 4.69) is 0 Å². The minimum atomic E-state index is -1.60. The molecule has 3 nitrogen and oxygen atoms in total. The van der Waals surface area contributed by atoms with Crippen LogP contribution in [0.3, 0.4) is 0 Å². The van der Waals surface area contributed by atoms with Gasteiger partial charge in [0.1, 0.15) is 5.75 Å². The molecular weight excluding hydrogens is 347 g/mol. The first-order valence-electron chi connectivity index (χ1n) is 6.38. The Balaban J connectivity index is 2.47. The number of hydrogen-bond donors (Lipinski definition) is 1. The van der Waals surface area contributed by atoms with Gasteiger partial charge >= 0.3 is 5.97 Å². The SMILES string of the molecule is Cc1ccc(C(C)(Oc2cc(Cl)c(Cl)cc2Cl)C(=O)O)cc1. The summed E-state index contributed by atoms with van der Waals surface area (Å²) in [5.74, 6) is -0.986. The molecule has 0 heterocycles. The molecule has 2 aromatic rings. The van der Waals surface area contributed by atoms with E-state index in [4.69, 9.17) is 39.5 Å². The monoisotopic (exact) mass is 358 g/mol. The highest BCUT2D eigenvalue weighted by Gasteiger charge is 2.38. The lowest BCUT2D eigenvalue weighted by molar-refractivity contribution is -0.154. The third-order valence-electron chi connectivity index (χ3n) is 3.30. The van der Waals surface area contributed by atoms with Crippen LogP contribution in [-0.2, 0) is 10.4 Å². The van der Waals surface area contributed by atoms with Crippen molar-refractivity contribution < 1.29 is 14.6 Å². The third-order valence-corrected chi connectivity index (χ3v) is 4.32. The molecule has 2 rings (SSSR count). The lowest BCUT2D eigenvalue weighted by Gasteiger charge is -2.27. The first-order chi connectivity index (χ1) is 10.2. The number of aliphatic carboxylic acids is 1. The Morgan fingerprint density at radius 1 is 1.05 bits per heavy atom. The number of carboxylic acid groups (broad SMARTS) is 1. The van der Waals surface area contributed by atoms with Gasteiger partial charge in [0.05, 0.1) is 15.1 Å². The van der Waals surface area contributed by atoms with Gasteiger partial charge in [0, 0.05) is 11.6 Å². The summed E-state index contributed by atoms with van der Waals surface area (Å²) >= 11 is 17.9. The summed E-state index contributed by atoms with van der Waals surface area (Å²) in [6.45, 7) is 3.37. The van der Waals surface area contributed by atoms with Crippen LogP contribution < -0.4 is 4.74 Å². The number of hydrogen-bond acceptors (Lipinski definition) is 2. The van der Waals surface area contributed by atoms with Crippen LogP contribution in [0.2, 0.25) is 15.1 Å². The molecular formula is C16H13Cl3O3. The van der Waals surface area contributed by atoms with E-state index in [1.807, 2.05) is 19.1 Å². The molecule has 1 atom stereocenters. The Morgan fingerprint density at radius 3 is 2.14 bits per heavy atom. The average molecular weight is 360 g/mol. The molecule has 116 valence electrons. The summed E-state index contributed by atoms with van der Waals surface area (Å²) in [6.07, 6.45) is 0. The number of ether oxygens (including phenoxy) is 1. The highest BCUT2D eigenvalue weighted by atomic mass is 35.5. The minimum Gasteiger partial charge on any atom is -0.478 e. The van der Waals surface area contributed by atoms with Crippen LogP contribution in [0.5, 0.6) is 5.75 Å². The highest BCUT2D eigenvalue weighted by Crippen LogP contribution is 2.38. The molecule has 0 aliphatic carbocycles. The largest absolute Gasteiger partial charge is 0.478 e. The molecule has 0 bridgehead atoms. The molecule has 0 radical (unpaired) electrons. The van der Waals surface area contributed by atoms with E-state index in [1.54, 1.807) is 12.1 Å². The van der Waals surface area contributed by atoms with Crippen molar-refractivity contribution >= 4 is 40.8 Å². The van der Waals surface area contributed by atoms with Gasteiger partial charge in [-0.15, -0.1) is 0 Å². The fraction of sp³-hybridized carbons (Fsp3) is 0.188. The molecule has 0 aromatic heterocycles. The van der Waals surface area contributed by atoms with E-state index in [0.717, 1.165) is 5.56 Å². The molecule has 6 heteroatoms. The van der Waals surface area contributed by atoms with Crippen LogP contribution in [0, 0.1) is 6.92 Å². The van der Waals surface area contributed by atoms with Crippen LogP contribution in [0.1, 0.15) is 18.1 Å². The van der Waals surface area contributed by atoms with Crippen LogP contribution in [0.4, 0.5) is 0 Å². The normalized spacial score (nSPS) is 13.5. The molecule has 22 heavy (non-hydrogen) atoms. The first-order valence-corrected chi connectivity index (χ1v) is 7.51. The van der Waals surface area contributed by atoms with E-state index in [-0.39, 0.29) is 20.8 Å². The number of rotatable bonds is 4. The molecule has 0 amide bonds. The van der Waals surface area contributed by atoms with Gasteiger partial charge in [-0.1, -0.05) is 64.6 Å². The maximum absolute atomic E-state index is 11.7. The van der Waals surface area contributed by atoms with Gasteiger partial charge in [0.25, 0.3) is 0 Å². The van der Waals surface area contributed by atoms with Crippen molar-refractivity contribution in [1.82, 2.24) is 0 Å². The molecule has 2 aromatic carbocycles. The smallest absolute Gasteiger partial charge is 0.352 e. The van der Waals surface area contributed by atoms with Gasteiger partial charge in [-0.2, -0.15) is 0 Å². The lowest BCUT2D eigenvalue weighted by atomic mass is 9.95. The number of benzene rings is 2. The standard InChI is InChI=1S/C16H13Cl3O3/c1-9-3-5-10(6-4-9)16(2,15(20)21)22-14-8-12(18)11(17)7-13(14)19/h3-8H,1-2H3,(H,20,21). The maximum atomic E-state index is 11.7. The highest BCUT2D eigenvalue weighted by molar-refractivity contribution is 6.43. The number of halogens is 3. The summed E-state index contributed by atoms with van der Waals surface area (Å²) in [5.41, 5.74) is -0.0918. The van der Waals surface area contributed by atoms with Crippen molar-refractivity contribution in [3.63, 3.8) is 0 Å². The zero-order valence-electron chi connectivity index (χ0n) is 11.9. The second kappa shape index (κ2) is 6.37. The number of carbonyl (C=O) groups is 1. The molecule has 1 unspecified atom stereocenters. The molecule has 0 saturated heterocycles. The van der Waals surface area contributed by atoms with Gasteiger partial charge in [-0.25, -0.2) is 4.79 Å². The number of carboxylic acids is 1. The summed E-state index contributed by atoms with van der Waals surface area (Å²) in [5, 5.41) is 10.3. The van der Waals surface area contributed by atoms with Gasteiger partial charge in [-0.05, 0) is 19.9 Å². The predicted octanol–water partition coefficient (Wildman–Crippen LogP) is 5.33. The Bertz CT molecular complexity index is 713. The average Bonchev–Trinajstić information content (AvgIpc) is 2.45. The van der Waals surface area contributed by atoms with Crippen LogP contribution in [0.25, 0.3) is 0 Å². The zero-order valence-corrected chi connectivity index (χ0v) is 14.1. The molecule has 0 saturated carbocycles. The predicted molar refractivity (Wildman–Crippen MR) is 88.3 cm³/mol. The molecule has 0 spiro atoms. The second-order valence-electron chi connectivity index (χ2n) is 5.00. The fourth-order valence-corrected chi connectivity index (χ4v) is 2.48. The van der Waals surface area contributed by atoms with E-state index in [0.29, 0.717) is 5.56 Å². The van der Waals surface area contributed by atoms with E-state index in [1.165, 1.54) is 19.1 Å². The zero-order chi connectivity index (χ0) is 16.5. The molecule has 1 N–H and O–H groups in total. The van der Waals surface area contributed by atoms with E-state index >= 15 is 0 Å². The van der Waals surface area contributed by atoms with E-state index < -0.39 is 11.6 Å². The molecule has 0 aliphatic rings. The summed E-state index contributed by atoms with van der Waals surface area (Å²) < 4.78 is 5.68. The van der Waals surface area contributed by atoms with Crippen molar-refractivity contribution in [2.45, 2.75) is 19.4 Å². The van der Waals surface area contributed by atoms with Crippen molar-refractivity contribution in [2.24, 2.45) is 0 Å². The Hall–Kier alpha value is -1.42. The Labute approximate surface area is 143 Å². The second-order valence-corrected chi connectivity index (χ2v) is 6.22. The third kappa shape index (κ3) is 3.32. The maximum Gasteiger partial charge on any atom is 0.352 e. The van der Waals surface area contributed by atoms with E-state index in [9.17, 15) is 9.90 Å². The molecule has 0 fully saturated rings. The van der Waals surface area contributed by atoms with Crippen molar-refractivity contribution in [2.75, 3.05) is 0 Å². The summed E-state index contributed by atoms with van der Waals surface area (Å²) in [4.78, 5) is 11.7. The Morgan fingerprint density at radius 2 is 1.59 bits per heavy atom. The molecule has 0 aliphatic heterocycles. The van der Waals surface area contributed by atoms with Crippen molar-refractivity contribution in [3.8, 4) is 5.75 Å². The van der Waals surface area contributed by atoms with Crippen LogP contribution >= 0.6 is 34.8 Å². The summed E-state index contributed by atoms with van der Waals surface area (Å²) in [7, 11) is 0. The van der Waals surface area contributed by atoms with Crippen LogP contribution in [-0.4, -0.2) is 11.1 Å². The Kier molecular flexibility index (Phi) is 4.90. The van der Waals surface area contributed by atoms with Crippen LogP contribution in [0.15, 0.2) is 36.4 Å². The number of aryl methyl sites for hydroxylation is 1. The fourth-order valence-electron chi connectivity index (χ4n) is 1.90. The lowest BCUT2D eigenvalue weighted by Crippen LogP contribution is -2.38. The van der Waals surface area contributed by atoms with Crippen molar-refractivity contribution in [3.05, 3.63) is 62.6 Å². The van der Waals surface area contributed by atoms with Crippen molar-refractivity contribution in [1.29, 1.82) is 0 Å². The topological polar surface area (TPSA) is 46.5 Å². The van der Waals surface area contributed by atoms with Gasteiger partial charge < -0.3 is 9.84 Å². The van der Waals surface area contributed by atoms with Gasteiger partial charge in [0.2, 0.25) is 5.60 Å². The van der Waals surface area contributed by atoms with Gasteiger partial charge in [-0.3, -0.25) is 0 Å². The summed E-state index contributed by atoms with van der Waals surface area (Å²) in [6, 6.07) is 9.86. The minimum absolute atomic E-state index is 0.154.